The van der Waals surface area contributed by atoms with E-state index in [0.717, 1.165) is 30.6 Å². The molecule has 2 amide bonds. The lowest BCUT2D eigenvalue weighted by Gasteiger charge is -2.26. The Balaban J connectivity index is 1.74. The number of carbonyl (C=O) groups is 3. The van der Waals surface area contributed by atoms with Gasteiger partial charge in [-0.3, -0.25) is 14.4 Å². The predicted molar refractivity (Wildman–Crippen MR) is 96.0 cm³/mol. The van der Waals surface area contributed by atoms with E-state index in [1.807, 2.05) is 17.5 Å². The van der Waals surface area contributed by atoms with Crippen molar-refractivity contribution >= 4 is 29.1 Å². The lowest BCUT2D eigenvalue weighted by molar-refractivity contribution is -0.149. The molecule has 1 heterocycles. The minimum atomic E-state index is -0.500. The van der Waals surface area contributed by atoms with Crippen molar-refractivity contribution in [2.45, 2.75) is 58.0 Å². The van der Waals surface area contributed by atoms with Gasteiger partial charge in [-0.25, -0.2) is 0 Å². The van der Waals surface area contributed by atoms with Crippen molar-refractivity contribution in [3.8, 4) is 0 Å². The molecule has 7 heteroatoms. The Hall–Kier alpha value is -1.89. The molecule has 1 saturated carbocycles. The molecule has 138 valence electrons. The van der Waals surface area contributed by atoms with E-state index in [9.17, 15) is 14.4 Å². The van der Waals surface area contributed by atoms with E-state index >= 15 is 0 Å². The molecule has 1 fully saturated rings. The van der Waals surface area contributed by atoms with E-state index < -0.39 is 12.0 Å². The molecule has 1 unspecified atom stereocenters. The summed E-state index contributed by atoms with van der Waals surface area (Å²) in [6.07, 6.45) is 4.19. The first-order valence-corrected chi connectivity index (χ1v) is 9.57. The van der Waals surface area contributed by atoms with E-state index in [1.165, 1.54) is 18.3 Å². The molecular formula is C18H26N2O4S. The Morgan fingerprint density at radius 3 is 2.60 bits per heavy atom. The van der Waals surface area contributed by atoms with Crippen LogP contribution in [0.4, 0.5) is 0 Å². The monoisotopic (exact) mass is 366 g/mol. The Morgan fingerprint density at radius 1 is 1.28 bits per heavy atom. The van der Waals surface area contributed by atoms with Gasteiger partial charge in [0, 0.05) is 17.8 Å². The van der Waals surface area contributed by atoms with Gasteiger partial charge in [-0.1, -0.05) is 13.0 Å². The van der Waals surface area contributed by atoms with Gasteiger partial charge in [0.2, 0.25) is 5.91 Å². The topological polar surface area (TPSA) is 84.5 Å². The van der Waals surface area contributed by atoms with Crippen molar-refractivity contribution in [2.75, 3.05) is 6.61 Å². The predicted octanol–water partition coefficient (Wildman–Crippen LogP) is 2.55. The van der Waals surface area contributed by atoms with Gasteiger partial charge in [-0.2, -0.15) is 0 Å². The third kappa shape index (κ3) is 6.86. The molecule has 0 spiro atoms. The minimum absolute atomic E-state index is 0.00825. The van der Waals surface area contributed by atoms with Crippen LogP contribution < -0.4 is 10.6 Å². The third-order valence-electron chi connectivity index (χ3n) is 4.38. The van der Waals surface area contributed by atoms with E-state index in [4.69, 9.17) is 4.74 Å². The van der Waals surface area contributed by atoms with Crippen molar-refractivity contribution in [2.24, 2.45) is 5.92 Å². The van der Waals surface area contributed by atoms with Crippen LogP contribution >= 0.6 is 11.3 Å². The fraction of sp³-hybridized carbons (Fsp3) is 0.611. The maximum Gasteiger partial charge on any atom is 0.308 e. The second-order valence-corrected chi connectivity index (χ2v) is 7.64. The van der Waals surface area contributed by atoms with Crippen LogP contribution in [0.3, 0.4) is 0 Å². The summed E-state index contributed by atoms with van der Waals surface area (Å²) in [5.74, 6) is -0.260. The van der Waals surface area contributed by atoms with Crippen molar-refractivity contribution in [3.05, 3.63) is 22.4 Å². The molecule has 0 saturated heterocycles. The largest absolute Gasteiger partial charge is 0.456 e. The number of esters is 1. The van der Waals surface area contributed by atoms with Gasteiger partial charge in [-0.05, 0) is 43.0 Å². The molecular weight excluding hydrogens is 340 g/mol. The number of rotatable bonds is 7. The highest BCUT2D eigenvalue weighted by Crippen LogP contribution is 2.24. The quantitative estimate of drug-likeness (QED) is 0.727. The average Bonchev–Trinajstić information content (AvgIpc) is 3.08. The normalized spacial score (nSPS) is 21.2. The number of nitrogens with one attached hydrogen (secondary N) is 2. The SMILES string of the molecule is CC(=O)NC(CC(=O)OCC(=O)NC1CCC(C)CC1)c1cccs1. The first-order chi connectivity index (χ1) is 11.9. The summed E-state index contributed by atoms with van der Waals surface area (Å²) >= 11 is 1.46. The maximum absolute atomic E-state index is 12.0. The number of carbonyl (C=O) groups excluding carboxylic acids is 3. The second-order valence-electron chi connectivity index (χ2n) is 6.66. The average molecular weight is 366 g/mol. The Kier molecular flexibility index (Phi) is 7.43. The molecule has 1 aliphatic carbocycles. The third-order valence-corrected chi connectivity index (χ3v) is 5.37. The van der Waals surface area contributed by atoms with Crippen LogP contribution in [0, 0.1) is 5.92 Å². The van der Waals surface area contributed by atoms with Gasteiger partial charge in [0.1, 0.15) is 0 Å². The van der Waals surface area contributed by atoms with E-state index in [2.05, 4.69) is 17.6 Å². The first-order valence-electron chi connectivity index (χ1n) is 8.69. The molecule has 25 heavy (non-hydrogen) atoms. The van der Waals surface area contributed by atoms with E-state index in [0.29, 0.717) is 5.92 Å². The zero-order valence-electron chi connectivity index (χ0n) is 14.7. The van der Waals surface area contributed by atoms with Gasteiger partial charge in [0.15, 0.2) is 6.61 Å². The van der Waals surface area contributed by atoms with Gasteiger partial charge in [0.25, 0.3) is 5.91 Å². The van der Waals surface area contributed by atoms with Crippen molar-refractivity contribution in [1.29, 1.82) is 0 Å². The molecule has 0 aromatic carbocycles. The molecule has 2 N–H and O–H groups in total. The van der Waals surface area contributed by atoms with Gasteiger partial charge >= 0.3 is 5.97 Å². The molecule has 6 nitrogen and oxygen atoms in total. The van der Waals surface area contributed by atoms with Crippen molar-refractivity contribution in [1.82, 2.24) is 10.6 Å². The standard InChI is InChI=1S/C18H26N2O4S/c1-12-5-7-14(8-6-12)20-17(22)11-24-18(23)10-15(19-13(2)21)16-4-3-9-25-16/h3-4,9,12,14-15H,5-8,10-11H2,1-2H3,(H,19,21)(H,20,22). The highest BCUT2D eigenvalue weighted by atomic mass is 32.1. The smallest absolute Gasteiger partial charge is 0.308 e. The molecule has 1 aromatic heterocycles. The zero-order valence-corrected chi connectivity index (χ0v) is 15.6. The summed E-state index contributed by atoms with van der Waals surface area (Å²) < 4.78 is 5.08. The molecule has 0 radical (unpaired) electrons. The number of hydrogen-bond donors (Lipinski definition) is 2. The summed E-state index contributed by atoms with van der Waals surface area (Å²) in [6.45, 7) is 3.35. The van der Waals surface area contributed by atoms with Crippen LogP contribution in [0.25, 0.3) is 0 Å². The summed E-state index contributed by atoms with van der Waals surface area (Å²) in [6, 6.07) is 3.47. The number of hydrogen-bond acceptors (Lipinski definition) is 5. The number of amides is 2. The highest BCUT2D eigenvalue weighted by Gasteiger charge is 2.22. The molecule has 1 atom stereocenters. The van der Waals surface area contributed by atoms with E-state index in [1.54, 1.807) is 0 Å². The number of thiophene rings is 1. The Labute approximate surface area is 152 Å². The summed E-state index contributed by atoms with van der Waals surface area (Å²) in [4.78, 5) is 36.2. The lowest BCUT2D eigenvalue weighted by atomic mass is 9.87. The Morgan fingerprint density at radius 2 is 2.00 bits per heavy atom. The van der Waals surface area contributed by atoms with Crippen LogP contribution in [0.2, 0.25) is 0 Å². The second kappa shape index (κ2) is 9.56. The molecule has 1 aliphatic rings. The van der Waals surface area contributed by atoms with Gasteiger partial charge in [-0.15, -0.1) is 11.3 Å². The van der Waals surface area contributed by atoms with Crippen molar-refractivity contribution < 1.29 is 19.1 Å². The van der Waals surface area contributed by atoms with Gasteiger partial charge < -0.3 is 15.4 Å². The van der Waals surface area contributed by atoms with Crippen LogP contribution in [-0.2, 0) is 19.1 Å². The van der Waals surface area contributed by atoms with Crippen LogP contribution in [0.5, 0.6) is 0 Å². The number of ether oxygens (including phenoxy) is 1. The fourth-order valence-electron chi connectivity index (χ4n) is 3.00. The molecule has 0 bridgehead atoms. The maximum atomic E-state index is 12.0. The first kappa shape index (κ1) is 19.4. The molecule has 0 aliphatic heterocycles. The van der Waals surface area contributed by atoms with Gasteiger partial charge in [0.05, 0.1) is 12.5 Å². The summed E-state index contributed by atoms with van der Waals surface area (Å²) in [5, 5.41) is 7.55. The summed E-state index contributed by atoms with van der Waals surface area (Å²) in [5.41, 5.74) is 0. The van der Waals surface area contributed by atoms with Crippen LogP contribution in [-0.4, -0.2) is 30.4 Å². The summed E-state index contributed by atoms with van der Waals surface area (Å²) in [7, 11) is 0. The molecule has 2 rings (SSSR count). The Bertz CT molecular complexity index is 580. The molecule has 1 aromatic rings. The minimum Gasteiger partial charge on any atom is -0.456 e. The van der Waals surface area contributed by atoms with E-state index in [-0.39, 0.29) is 30.9 Å². The van der Waals surface area contributed by atoms with Crippen LogP contribution in [0.1, 0.15) is 56.9 Å². The lowest BCUT2D eigenvalue weighted by Crippen LogP contribution is -2.39. The fourth-order valence-corrected chi connectivity index (χ4v) is 3.78. The van der Waals surface area contributed by atoms with Crippen molar-refractivity contribution in [3.63, 3.8) is 0 Å². The zero-order chi connectivity index (χ0) is 18.2. The highest BCUT2D eigenvalue weighted by molar-refractivity contribution is 7.10. The van der Waals surface area contributed by atoms with Crippen LogP contribution in [0.15, 0.2) is 17.5 Å².